The van der Waals surface area contributed by atoms with Gasteiger partial charge in [0, 0.05) is 19.2 Å². The molecule has 4 heteroatoms. The van der Waals surface area contributed by atoms with Crippen LogP contribution in [-0.2, 0) is 9.53 Å². The molecule has 3 atom stereocenters. The van der Waals surface area contributed by atoms with E-state index in [1.165, 1.54) is 0 Å². The number of ether oxygens (including phenoxy) is 1. The van der Waals surface area contributed by atoms with Crippen LogP contribution in [0.2, 0.25) is 0 Å². The van der Waals surface area contributed by atoms with E-state index in [1.807, 2.05) is 13.8 Å². The van der Waals surface area contributed by atoms with Gasteiger partial charge in [-0.1, -0.05) is 0 Å². The van der Waals surface area contributed by atoms with Crippen molar-refractivity contribution in [3.8, 4) is 0 Å². The quantitative estimate of drug-likeness (QED) is 0.645. The zero-order valence-electron chi connectivity index (χ0n) is 8.25. The summed E-state index contributed by atoms with van der Waals surface area (Å²) in [5.41, 5.74) is 5.41. The molecular formula is C9H18N2O2. The Kier molecular flexibility index (Phi) is 3.69. The smallest absolute Gasteiger partial charge is 0.226 e. The molecule has 76 valence electrons. The standard InChI is InChI=1S/C9H18N2O2/c1-6(5-10)11-9(12)8-3-4-13-7(8)2/h6-8H,3-5,10H2,1-2H3,(H,11,12). The minimum absolute atomic E-state index is 0.00833. The lowest BCUT2D eigenvalue weighted by atomic mass is 10.0. The Morgan fingerprint density at radius 3 is 2.92 bits per heavy atom. The second-order valence-electron chi connectivity index (χ2n) is 3.62. The highest BCUT2D eigenvalue weighted by molar-refractivity contribution is 5.79. The first kappa shape index (κ1) is 10.5. The van der Waals surface area contributed by atoms with Crippen molar-refractivity contribution in [1.82, 2.24) is 5.32 Å². The van der Waals surface area contributed by atoms with Gasteiger partial charge in [0.1, 0.15) is 0 Å². The second kappa shape index (κ2) is 4.58. The molecule has 3 unspecified atom stereocenters. The Labute approximate surface area is 78.8 Å². The summed E-state index contributed by atoms with van der Waals surface area (Å²) in [6.07, 6.45) is 0.870. The highest BCUT2D eigenvalue weighted by atomic mass is 16.5. The van der Waals surface area contributed by atoms with Crippen LogP contribution in [0.5, 0.6) is 0 Å². The predicted octanol–water partition coefficient (Wildman–Crippen LogP) is -0.125. The van der Waals surface area contributed by atoms with Crippen LogP contribution in [0.25, 0.3) is 0 Å². The van der Waals surface area contributed by atoms with Crippen molar-refractivity contribution in [3.63, 3.8) is 0 Å². The zero-order chi connectivity index (χ0) is 9.84. The summed E-state index contributed by atoms with van der Waals surface area (Å²) in [5, 5.41) is 2.86. The molecule has 1 heterocycles. The number of rotatable bonds is 3. The first-order valence-electron chi connectivity index (χ1n) is 4.77. The lowest BCUT2D eigenvalue weighted by Crippen LogP contribution is -2.42. The molecule has 13 heavy (non-hydrogen) atoms. The minimum Gasteiger partial charge on any atom is -0.378 e. The van der Waals surface area contributed by atoms with E-state index in [0.717, 1.165) is 6.42 Å². The normalized spacial score (nSPS) is 30.1. The van der Waals surface area contributed by atoms with Crippen LogP contribution in [0, 0.1) is 5.92 Å². The Morgan fingerprint density at radius 1 is 1.77 bits per heavy atom. The van der Waals surface area contributed by atoms with Gasteiger partial charge >= 0.3 is 0 Å². The highest BCUT2D eigenvalue weighted by Crippen LogP contribution is 2.20. The van der Waals surface area contributed by atoms with Crippen molar-refractivity contribution in [2.75, 3.05) is 13.2 Å². The fourth-order valence-electron chi connectivity index (χ4n) is 1.48. The molecule has 0 aromatic heterocycles. The number of nitrogens with two attached hydrogens (primary N) is 1. The minimum atomic E-state index is 0.00833. The molecular weight excluding hydrogens is 168 g/mol. The Balaban J connectivity index is 2.38. The molecule has 3 N–H and O–H groups in total. The molecule has 1 rings (SSSR count). The highest BCUT2D eigenvalue weighted by Gasteiger charge is 2.30. The van der Waals surface area contributed by atoms with Crippen LogP contribution in [0.4, 0.5) is 0 Å². The van der Waals surface area contributed by atoms with E-state index in [1.54, 1.807) is 0 Å². The van der Waals surface area contributed by atoms with Crippen molar-refractivity contribution in [2.24, 2.45) is 11.7 Å². The van der Waals surface area contributed by atoms with E-state index < -0.39 is 0 Å². The summed E-state index contributed by atoms with van der Waals surface area (Å²) >= 11 is 0. The van der Waals surface area contributed by atoms with Crippen LogP contribution in [-0.4, -0.2) is 31.2 Å². The summed E-state index contributed by atoms with van der Waals surface area (Å²) in [5.74, 6) is 0.0805. The van der Waals surface area contributed by atoms with Crippen LogP contribution in [0.15, 0.2) is 0 Å². The maximum atomic E-state index is 11.6. The average Bonchev–Trinajstić information content (AvgIpc) is 2.51. The fraction of sp³-hybridized carbons (Fsp3) is 0.889. The number of carbonyl (C=O) groups excluding carboxylic acids is 1. The van der Waals surface area contributed by atoms with Crippen LogP contribution in [0.3, 0.4) is 0 Å². The van der Waals surface area contributed by atoms with E-state index >= 15 is 0 Å². The van der Waals surface area contributed by atoms with Gasteiger partial charge in [0.05, 0.1) is 12.0 Å². The van der Waals surface area contributed by atoms with Gasteiger partial charge in [0.15, 0.2) is 0 Å². The van der Waals surface area contributed by atoms with Gasteiger partial charge < -0.3 is 15.8 Å². The summed E-state index contributed by atoms with van der Waals surface area (Å²) < 4.78 is 5.31. The third-order valence-corrected chi connectivity index (χ3v) is 2.46. The number of amides is 1. The molecule has 4 nitrogen and oxygen atoms in total. The molecule has 0 saturated carbocycles. The van der Waals surface area contributed by atoms with E-state index in [0.29, 0.717) is 13.2 Å². The molecule has 0 radical (unpaired) electrons. The molecule has 1 amide bonds. The first-order valence-corrected chi connectivity index (χ1v) is 4.77. The van der Waals surface area contributed by atoms with Crippen LogP contribution >= 0.6 is 0 Å². The van der Waals surface area contributed by atoms with E-state index in [4.69, 9.17) is 10.5 Å². The third-order valence-electron chi connectivity index (χ3n) is 2.46. The molecule has 0 bridgehead atoms. The second-order valence-corrected chi connectivity index (χ2v) is 3.62. The summed E-state index contributed by atoms with van der Waals surface area (Å²) in [4.78, 5) is 11.6. The largest absolute Gasteiger partial charge is 0.378 e. The fourth-order valence-corrected chi connectivity index (χ4v) is 1.48. The maximum absolute atomic E-state index is 11.6. The average molecular weight is 186 g/mol. The lowest BCUT2D eigenvalue weighted by Gasteiger charge is -2.17. The molecule has 0 aromatic carbocycles. The molecule has 0 aliphatic carbocycles. The first-order chi connectivity index (χ1) is 6.15. The van der Waals surface area contributed by atoms with E-state index in [-0.39, 0.29) is 24.0 Å². The molecule has 1 aliphatic heterocycles. The monoisotopic (exact) mass is 186 g/mol. The number of hydrogen-bond donors (Lipinski definition) is 2. The number of carbonyl (C=O) groups is 1. The van der Waals surface area contributed by atoms with E-state index in [2.05, 4.69) is 5.32 Å². The Hall–Kier alpha value is -0.610. The van der Waals surface area contributed by atoms with Gasteiger partial charge in [0.2, 0.25) is 5.91 Å². The molecule has 0 aromatic rings. The SMILES string of the molecule is CC(CN)NC(=O)C1CCOC1C. The van der Waals surface area contributed by atoms with Gasteiger partial charge in [-0.15, -0.1) is 0 Å². The van der Waals surface area contributed by atoms with Crippen molar-refractivity contribution < 1.29 is 9.53 Å². The lowest BCUT2D eigenvalue weighted by molar-refractivity contribution is -0.126. The van der Waals surface area contributed by atoms with E-state index in [9.17, 15) is 4.79 Å². The summed E-state index contributed by atoms with van der Waals surface area (Å²) in [6.45, 7) is 5.01. The van der Waals surface area contributed by atoms with Gasteiger partial charge in [-0.3, -0.25) is 4.79 Å². The maximum Gasteiger partial charge on any atom is 0.226 e. The number of nitrogens with one attached hydrogen (secondary N) is 1. The molecule has 0 spiro atoms. The molecule has 1 fully saturated rings. The summed E-state index contributed by atoms with van der Waals surface area (Å²) in [6, 6.07) is 0.0558. The van der Waals surface area contributed by atoms with Gasteiger partial charge in [-0.05, 0) is 20.3 Å². The van der Waals surface area contributed by atoms with Gasteiger partial charge in [-0.2, -0.15) is 0 Å². The zero-order valence-corrected chi connectivity index (χ0v) is 8.25. The Bertz CT molecular complexity index is 184. The number of hydrogen-bond acceptors (Lipinski definition) is 3. The molecule has 1 saturated heterocycles. The van der Waals surface area contributed by atoms with Crippen LogP contribution in [0.1, 0.15) is 20.3 Å². The topological polar surface area (TPSA) is 64.3 Å². The predicted molar refractivity (Wildman–Crippen MR) is 50.2 cm³/mol. The van der Waals surface area contributed by atoms with Gasteiger partial charge in [0.25, 0.3) is 0 Å². The van der Waals surface area contributed by atoms with Gasteiger partial charge in [-0.25, -0.2) is 0 Å². The van der Waals surface area contributed by atoms with Crippen molar-refractivity contribution >= 4 is 5.91 Å². The van der Waals surface area contributed by atoms with Crippen LogP contribution < -0.4 is 11.1 Å². The summed E-state index contributed by atoms with van der Waals surface area (Å²) in [7, 11) is 0. The van der Waals surface area contributed by atoms with Crippen molar-refractivity contribution in [3.05, 3.63) is 0 Å². The van der Waals surface area contributed by atoms with Crippen molar-refractivity contribution in [1.29, 1.82) is 0 Å². The third kappa shape index (κ3) is 2.67. The Morgan fingerprint density at radius 2 is 2.46 bits per heavy atom. The molecule has 1 aliphatic rings. The van der Waals surface area contributed by atoms with Crippen molar-refractivity contribution in [2.45, 2.75) is 32.4 Å².